The molecule has 0 amide bonds. The first-order valence-electron chi connectivity index (χ1n) is 5.70. The standard InChI is InChI=1S/C13H10FN3OS/c1-8-4-9(2-3-10(8)14)5-12(18)11-6-17-13(16-11)19-7-15-17/h2-4,6-7H,5H2,1H3. The van der Waals surface area contributed by atoms with Gasteiger partial charge >= 0.3 is 0 Å². The maximum absolute atomic E-state index is 13.1. The second-order valence-corrected chi connectivity index (χ2v) is 5.09. The molecule has 3 rings (SSSR count). The monoisotopic (exact) mass is 275 g/mol. The molecule has 0 aliphatic carbocycles. The molecule has 4 nitrogen and oxygen atoms in total. The van der Waals surface area contributed by atoms with E-state index >= 15 is 0 Å². The molecule has 2 aromatic heterocycles. The number of hydrogen-bond donors (Lipinski definition) is 0. The van der Waals surface area contributed by atoms with E-state index in [1.165, 1.54) is 17.4 Å². The van der Waals surface area contributed by atoms with E-state index in [0.29, 0.717) is 16.2 Å². The predicted octanol–water partition coefficient (Wildman–Crippen LogP) is 2.66. The van der Waals surface area contributed by atoms with Crippen molar-refractivity contribution in [1.82, 2.24) is 14.6 Å². The van der Waals surface area contributed by atoms with Gasteiger partial charge in [0.1, 0.15) is 17.0 Å². The van der Waals surface area contributed by atoms with Crippen molar-refractivity contribution >= 4 is 22.1 Å². The lowest BCUT2D eigenvalue weighted by atomic mass is 10.0. The summed E-state index contributed by atoms with van der Waals surface area (Å²) >= 11 is 1.38. The van der Waals surface area contributed by atoms with Crippen molar-refractivity contribution in [3.05, 3.63) is 52.5 Å². The third-order valence-corrected chi connectivity index (χ3v) is 3.55. The summed E-state index contributed by atoms with van der Waals surface area (Å²) in [5.74, 6) is -0.355. The number of imidazole rings is 1. The molecule has 0 fully saturated rings. The number of carbonyl (C=O) groups excluding carboxylic acids is 1. The van der Waals surface area contributed by atoms with E-state index in [1.54, 1.807) is 35.3 Å². The van der Waals surface area contributed by atoms with Crippen LogP contribution in [0.5, 0.6) is 0 Å². The molecule has 0 N–H and O–H groups in total. The summed E-state index contributed by atoms with van der Waals surface area (Å²) in [6.07, 6.45) is 1.83. The lowest BCUT2D eigenvalue weighted by Gasteiger charge is -2.01. The maximum Gasteiger partial charge on any atom is 0.212 e. The summed E-state index contributed by atoms with van der Waals surface area (Å²) in [7, 11) is 0. The molecule has 19 heavy (non-hydrogen) atoms. The van der Waals surface area contributed by atoms with Gasteiger partial charge in [0.25, 0.3) is 0 Å². The predicted molar refractivity (Wildman–Crippen MR) is 70.0 cm³/mol. The zero-order valence-corrected chi connectivity index (χ0v) is 10.9. The van der Waals surface area contributed by atoms with E-state index in [9.17, 15) is 9.18 Å². The molecule has 0 bridgehead atoms. The Hall–Kier alpha value is -2.08. The van der Waals surface area contributed by atoms with Crippen LogP contribution in [0, 0.1) is 12.7 Å². The Morgan fingerprint density at radius 2 is 2.32 bits per heavy atom. The van der Waals surface area contributed by atoms with Crippen LogP contribution in [0.4, 0.5) is 4.39 Å². The number of carbonyl (C=O) groups is 1. The molecule has 1 aromatic carbocycles. The highest BCUT2D eigenvalue weighted by molar-refractivity contribution is 7.14. The molecule has 0 unspecified atom stereocenters. The fourth-order valence-corrected chi connectivity index (χ4v) is 2.47. The van der Waals surface area contributed by atoms with Gasteiger partial charge in [-0.1, -0.05) is 23.5 Å². The van der Waals surface area contributed by atoms with E-state index in [1.807, 2.05) is 0 Å². The Bertz CT molecular complexity index is 734. The number of Topliss-reactive ketones (excluding diaryl/α,β-unsaturated/α-hetero) is 1. The van der Waals surface area contributed by atoms with Crippen molar-refractivity contribution < 1.29 is 9.18 Å². The van der Waals surface area contributed by atoms with Gasteiger partial charge in [-0.15, -0.1) is 0 Å². The van der Waals surface area contributed by atoms with Gasteiger partial charge < -0.3 is 0 Å². The van der Waals surface area contributed by atoms with E-state index in [2.05, 4.69) is 10.1 Å². The number of aromatic nitrogens is 3. The molecule has 0 aliphatic heterocycles. The summed E-state index contributed by atoms with van der Waals surface area (Å²) in [5.41, 5.74) is 3.38. The molecule has 0 radical (unpaired) electrons. The fraction of sp³-hybridized carbons (Fsp3) is 0.154. The number of benzene rings is 1. The Morgan fingerprint density at radius 1 is 1.47 bits per heavy atom. The number of aryl methyl sites for hydroxylation is 1. The Kier molecular flexibility index (Phi) is 2.87. The number of fused-ring (bicyclic) bond motifs is 1. The number of hydrogen-bond acceptors (Lipinski definition) is 4. The molecule has 0 atom stereocenters. The minimum Gasteiger partial charge on any atom is -0.292 e. The van der Waals surface area contributed by atoms with E-state index in [4.69, 9.17) is 0 Å². The van der Waals surface area contributed by atoms with Gasteiger partial charge in [0, 0.05) is 6.42 Å². The van der Waals surface area contributed by atoms with E-state index in [0.717, 1.165) is 5.56 Å². The normalized spacial score (nSPS) is 11.1. The Labute approximate surface area is 112 Å². The lowest BCUT2D eigenvalue weighted by molar-refractivity contribution is 0.0988. The summed E-state index contributed by atoms with van der Waals surface area (Å²) in [6, 6.07) is 4.69. The highest BCUT2D eigenvalue weighted by atomic mass is 32.1. The minimum atomic E-state index is -0.261. The second kappa shape index (κ2) is 4.55. The second-order valence-electron chi connectivity index (χ2n) is 4.28. The van der Waals surface area contributed by atoms with Crippen molar-refractivity contribution in [3.63, 3.8) is 0 Å². The van der Waals surface area contributed by atoms with Crippen molar-refractivity contribution in [3.8, 4) is 0 Å². The molecule has 0 spiro atoms. The van der Waals surface area contributed by atoms with Crippen LogP contribution in [0.15, 0.2) is 29.9 Å². The maximum atomic E-state index is 13.1. The number of halogens is 1. The van der Waals surface area contributed by atoms with Gasteiger partial charge in [0.05, 0.1) is 6.20 Å². The Balaban J connectivity index is 1.84. The topological polar surface area (TPSA) is 47.3 Å². The largest absolute Gasteiger partial charge is 0.292 e. The van der Waals surface area contributed by atoms with Crippen LogP contribution in [0.25, 0.3) is 4.96 Å². The average Bonchev–Trinajstić information content (AvgIpc) is 2.94. The third kappa shape index (κ3) is 2.26. The van der Waals surface area contributed by atoms with E-state index in [-0.39, 0.29) is 18.0 Å². The SMILES string of the molecule is Cc1cc(CC(=O)c2cn3ncsc3n2)ccc1F. The van der Waals surface area contributed by atoms with Crippen molar-refractivity contribution in [1.29, 1.82) is 0 Å². The highest BCUT2D eigenvalue weighted by Gasteiger charge is 2.13. The molecular formula is C13H10FN3OS. The van der Waals surface area contributed by atoms with Gasteiger partial charge in [-0.3, -0.25) is 4.79 Å². The van der Waals surface area contributed by atoms with Gasteiger partial charge in [-0.05, 0) is 24.1 Å². The van der Waals surface area contributed by atoms with E-state index < -0.39 is 0 Å². The molecule has 0 aliphatic rings. The van der Waals surface area contributed by atoms with Crippen molar-refractivity contribution in [2.45, 2.75) is 13.3 Å². The van der Waals surface area contributed by atoms with Crippen LogP contribution in [0.2, 0.25) is 0 Å². The summed E-state index contributed by atoms with van der Waals surface area (Å²) < 4.78 is 14.7. The lowest BCUT2D eigenvalue weighted by Crippen LogP contribution is -2.04. The minimum absolute atomic E-state index is 0.0938. The first-order valence-corrected chi connectivity index (χ1v) is 6.58. The molecular weight excluding hydrogens is 265 g/mol. The highest BCUT2D eigenvalue weighted by Crippen LogP contribution is 2.14. The van der Waals surface area contributed by atoms with Crippen molar-refractivity contribution in [2.24, 2.45) is 0 Å². The third-order valence-electron chi connectivity index (χ3n) is 2.86. The summed E-state index contributed by atoms with van der Waals surface area (Å²) in [4.78, 5) is 17.0. The summed E-state index contributed by atoms with van der Waals surface area (Å²) in [5, 5.41) is 4.03. The van der Waals surface area contributed by atoms with Gasteiger partial charge in [-0.2, -0.15) is 5.10 Å². The quantitative estimate of drug-likeness (QED) is 0.690. The van der Waals surface area contributed by atoms with Gasteiger partial charge in [0.15, 0.2) is 5.78 Å². The molecule has 0 saturated heterocycles. The number of nitrogens with zero attached hydrogens (tertiary/aromatic N) is 3. The number of ketones is 1. The van der Waals surface area contributed by atoms with Crippen LogP contribution in [-0.2, 0) is 6.42 Å². The molecule has 96 valence electrons. The van der Waals surface area contributed by atoms with Crippen LogP contribution >= 0.6 is 11.3 Å². The molecule has 2 heterocycles. The average molecular weight is 275 g/mol. The summed E-state index contributed by atoms with van der Waals surface area (Å²) in [6.45, 7) is 1.68. The zero-order valence-electron chi connectivity index (χ0n) is 10.1. The Morgan fingerprint density at radius 3 is 3.05 bits per heavy atom. The molecule has 6 heteroatoms. The van der Waals surface area contributed by atoms with Gasteiger partial charge in [-0.25, -0.2) is 13.9 Å². The van der Waals surface area contributed by atoms with Crippen LogP contribution < -0.4 is 0 Å². The first-order chi connectivity index (χ1) is 9.13. The van der Waals surface area contributed by atoms with Crippen LogP contribution in [0.1, 0.15) is 21.6 Å². The molecule has 0 saturated carbocycles. The van der Waals surface area contributed by atoms with Gasteiger partial charge in [0.2, 0.25) is 4.96 Å². The zero-order chi connectivity index (χ0) is 13.4. The smallest absolute Gasteiger partial charge is 0.212 e. The van der Waals surface area contributed by atoms with Crippen LogP contribution in [0.3, 0.4) is 0 Å². The fourth-order valence-electron chi connectivity index (χ4n) is 1.87. The van der Waals surface area contributed by atoms with Crippen LogP contribution in [-0.4, -0.2) is 20.4 Å². The van der Waals surface area contributed by atoms with Crippen molar-refractivity contribution in [2.75, 3.05) is 0 Å². The first kappa shape index (κ1) is 12.0. The molecule has 3 aromatic rings. The number of rotatable bonds is 3.